The molecular formula is C18H23O3PS. The zero-order valence-corrected chi connectivity index (χ0v) is 15.5. The van der Waals surface area contributed by atoms with Crippen LogP contribution in [0.15, 0.2) is 35.2 Å². The van der Waals surface area contributed by atoms with Crippen molar-refractivity contribution in [1.82, 2.24) is 0 Å². The van der Waals surface area contributed by atoms with E-state index in [9.17, 15) is 9.67 Å². The van der Waals surface area contributed by atoms with Crippen molar-refractivity contribution in [2.24, 2.45) is 0 Å². The zero-order valence-electron chi connectivity index (χ0n) is 13.7. The molecule has 0 fully saturated rings. The summed E-state index contributed by atoms with van der Waals surface area (Å²) in [4.78, 5) is 9.89. The Hall–Kier alpha value is -1.22. The fraction of sp³-hybridized carbons (Fsp3) is 0.333. The van der Waals surface area contributed by atoms with E-state index in [1.807, 2.05) is 18.4 Å². The maximum atomic E-state index is 10.9. The van der Waals surface area contributed by atoms with Gasteiger partial charge < -0.3 is 10.00 Å². The average Bonchev–Trinajstić information content (AvgIpc) is 2.50. The summed E-state index contributed by atoms with van der Waals surface area (Å²) >= 11 is 1.54. The van der Waals surface area contributed by atoms with Crippen LogP contribution in [0.2, 0.25) is 0 Å². The summed E-state index contributed by atoms with van der Waals surface area (Å²) in [5, 5.41) is 9.79. The molecule has 1 unspecified atom stereocenters. The second-order valence-electron chi connectivity index (χ2n) is 5.78. The molecule has 124 valence electrons. The van der Waals surface area contributed by atoms with E-state index >= 15 is 0 Å². The Morgan fingerprint density at radius 1 is 1.09 bits per heavy atom. The molecule has 2 N–H and O–H groups in total. The second-order valence-corrected chi connectivity index (χ2v) is 7.92. The number of rotatable bonds is 6. The predicted molar refractivity (Wildman–Crippen MR) is 98.4 cm³/mol. The Balaban J connectivity index is 2.25. The number of thioether (sulfide) groups is 1. The number of aromatic hydroxyl groups is 1. The molecule has 2 aromatic carbocycles. The van der Waals surface area contributed by atoms with Crippen molar-refractivity contribution in [2.45, 2.75) is 31.6 Å². The topological polar surface area (TPSA) is 57.5 Å². The van der Waals surface area contributed by atoms with E-state index in [1.165, 1.54) is 34.0 Å². The molecule has 0 bridgehead atoms. The Morgan fingerprint density at radius 2 is 1.74 bits per heavy atom. The smallest absolute Gasteiger partial charge is 0.189 e. The third-order valence-electron chi connectivity index (χ3n) is 4.01. The summed E-state index contributed by atoms with van der Waals surface area (Å²) in [6.07, 6.45) is 3.77. The van der Waals surface area contributed by atoms with E-state index < -0.39 is 8.03 Å². The molecule has 0 aromatic heterocycles. The fourth-order valence-electron chi connectivity index (χ4n) is 2.79. The zero-order chi connectivity index (χ0) is 17.0. The van der Waals surface area contributed by atoms with Crippen LogP contribution in [0.3, 0.4) is 0 Å². The van der Waals surface area contributed by atoms with Crippen LogP contribution < -0.4 is 0 Å². The van der Waals surface area contributed by atoms with Gasteiger partial charge >= 0.3 is 0 Å². The van der Waals surface area contributed by atoms with Gasteiger partial charge in [0, 0.05) is 11.1 Å². The van der Waals surface area contributed by atoms with Gasteiger partial charge in [-0.25, -0.2) is 0 Å². The van der Waals surface area contributed by atoms with Crippen molar-refractivity contribution in [3.63, 3.8) is 0 Å². The molecule has 0 aliphatic heterocycles. The first kappa shape index (κ1) is 18.1. The van der Waals surface area contributed by atoms with E-state index in [0.29, 0.717) is 18.3 Å². The Kier molecular flexibility index (Phi) is 6.34. The van der Waals surface area contributed by atoms with E-state index in [0.717, 1.165) is 16.9 Å². The third-order valence-corrected chi connectivity index (χ3v) is 5.45. The quantitative estimate of drug-likeness (QED) is 0.601. The van der Waals surface area contributed by atoms with Crippen LogP contribution in [-0.4, -0.2) is 22.4 Å². The van der Waals surface area contributed by atoms with Crippen LogP contribution in [-0.2, 0) is 17.4 Å². The molecule has 0 aliphatic rings. The van der Waals surface area contributed by atoms with Crippen LogP contribution in [0.5, 0.6) is 5.75 Å². The van der Waals surface area contributed by atoms with Crippen molar-refractivity contribution < 1.29 is 14.6 Å². The number of hydrogen-bond donors (Lipinski definition) is 2. The highest BCUT2D eigenvalue weighted by molar-refractivity contribution is 7.98. The van der Waals surface area contributed by atoms with Crippen LogP contribution >= 0.6 is 19.8 Å². The molecule has 0 heterocycles. The highest BCUT2D eigenvalue weighted by atomic mass is 32.2. The molecule has 0 saturated heterocycles. The molecule has 2 aromatic rings. The lowest BCUT2D eigenvalue weighted by Gasteiger charge is -2.14. The lowest BCUT2D eigenvalue weighted by atomic mass is 9.93. The Morgan fingerprint density at radius 3 is 2.30 bits per heavy atom. The third kappa shape index (κ3) is 4.87. The summed E-state index contributed by atoms with van der Waals surface area (Å²) in [6.45, 7) is 4.17. The molecule has 0 amide bonds. The lowest BCUT2D eigenvalue weighted by molar-refractivity contribution is 0.462. The highest BCUT2D eigenvalue weighted by Crippen LogP contribution is 2.29. The van der Waals surface area contributed by atoms with Crippen molar-refractivity contribution in [1.29, 1.82) is 0 Å². The molecule has 0 aliphatic carbocycles. The summed E-state index contributed by atoms with van der Waals surface area (Å²) in [5.74, 6) is 0.323. The van der Waals surface area contributed by atoms with Gasteiger partial charge in [-0.2, -0.15) is 0 Å². The molecule has 0 spiro atoms. The van der Waals surface area contributed by atoms with Crippen LogP contribution in [0.1, 0.15) is 27.8 Å². The largest absolute Gasteiger partial charge is 0.507 e. The summed E-state index contributed by atoms with van der Waals surface area (Å²) in [6, 6.07) is 9.97. The maximum Gasteiger partial charge on any atom is 0.189 e. The van der Waals surface area contributed by atoms with Crippen LogP contribution in [0.4, 0.5) is 0 Å². The van der Waals surface area contributed by atoms with Gasteiger partial charge in [-0.15, -0.1) is 11.8 Å². The van der Waals surface area contributed by atoms with E-state index in [2.05, 4.69) is 26.0 Å². The van der Waals surface area contributed by atoms with Gasteiger partial charge in [0.15, 0.2) is 8.03 Å². The highest BCUT2D eigenvalue weighted by Gasteiger charge is 2.09. The molecule has 1 atom stereocenters. The predicted octanol–water partition coefficient (Wildman–Crippen LogP) is 4.33. The van der Waals surface area contributed by atoms with Crippen molar-refractivity contribution >= 4 is 19.8 Å². The molecule has 2 rings (SSSR count). The standard InChI is InChI=1S/C18H23O3PS/c1-12-8-15(6-7-22(20)21)9-13(2)16(12)10-14-4-5-17(19)18(11-14)23-3/h4-5,8-9,11,19,22H,6-7,10H2,1-3H3,(H,20,21). The van der Waals surface area contributed by atoms with E-state index in [4.69, 9.17) is 4.89 Å². The van der Waals surface area contributed by atoms with Crippen LogP contribution in [0, 0.1) is 13.8 Å². The number of phenolic OH excluding ortho intramolecular Hbond substituents is 1. The normalized spacial score (nSPS) is 12.3. The van der Waals surface area contributed by atoms with E-state index in [1.54, 1.807) is 6.07 Å². The van der Waals surface area contributed by atoms with Gasteiger partial charge in [0.2, 0.25) is 0 Å². The summed E-state index contributed by atoms with van der Waals surface area (Å²) in [5.41, 5.74) is 5.98. The van der Waals surface area contributed by atoms with Crippen molar-refractivity contribution in [3.8, 4) is 5.75 Å². The SMILES string of the molecule is CSc1cc(Cc2c(C)cc(CC[PH](=O)O)cc2C)ccc1O. The number of phenols is 1. The van der Waals surface area contributed by atoms with Crippen LogP contribution in [0.25, 0.3) is 0 Å². The number of benzene rings is 2. The minimum absolute atomic E-state index is 0.323. The number of aryl methyl sites for hydroxylation is 3. The minimum atomic E-state index is -2.40. The molecule has 0 radical (unpaired) electrons. The number of hydrogen-bond acceptors (Lipinski definition) is 3. The first-order valence-corrected chi connectivity index (χ1v) is 10.4. The van der Waals surface area contributed by atoms with Gasteiger partial charge in [0.1, 0.15) is 5.75 Å². The van der Waals surface area contributed by atoms with Gasteiger partial charge in [-0.05, 0) is 72.9 Å². The van der Waals surface area contributed by atoms with E-state index in [-0.39, 0.29) is 0 Å². The molecule has 0 saturated carbocycles. The second kappa shape index (κ2) is 8.05. The molecule has 3 nitrogen and oxygen atoms in total. The fourth-order valence-corrected chi connectivity index (χ4v) is 3.84. The Labute approximate surface area is 142 Å². The summed E-state index contributed by atoms with van der Waals surface area (Å²) in [7, 11) is -2.40. The maximum absolute atomic E-state index is 10.9. The van der Waals surface area contributed by atoms with Crippen molar-refractivity contribution in [3.05, 3.63) is 58.1 Å². The monoisotopic (exact) mass is 350 g/mol. The van der Waals surface area contributed by atoms with Gasteiger partial charge in [-0.3, -0.25) is 4.57 Å². The molecule has 23 heavy (non-hydrogen) atoms. The molecular weight excluding hydrogens is 327 g/mol. The van der Waals surface area contributed by atoms with Gasteiger partial charge in [-0.1, -0.05) is 18.2 Å². The first-order chi connectivity index (χ1) is 10.9. The van der Waals surface area contributed by atoms with Crippen molar-refractivity contribution in [2.75, 3.05) is 12.4 Å². The minimum Gasteiger partial charge on any atom is -0.507 e. The first-order valence-electron chi connectivity index (χ1n) is 7.57. The average molecular weight is 350 g/mol. The van der Waals surface area contributed by atoms with Gasteiger partial charge in [0.05, 0.1) is 0 Å². The molecule has 5 heteroatoms. The summed E-state index contributed by atoms with van der Waals surface area (Å²) < 4.78 is 10.9. The van der Waals surface area contributed by atoms with Gasteiger partial charge in [0.25, 0.3) is 0 Å². The lowest BCUT2D eigenvalue weighted by Crippen LogP contribution is -1.99. The Bertz CT molecular complexity index is 705.